The molecule has 0 saturated carbocycles. The second kappa shape index (κ2) is 11.4. The fraction of sp³-hybridized carbons (Fsp3) is 0.333. The number of carbonyl (C=O) groups excluding carboxylic acids is 1. The Labute approximate surface area is 212 Å². The molecule has 1 amide bonds. The molecule has 1 N–H and O–H groups in total. The third-order valence-electron chi connectivity index (χ3n) is 7.03. The highest BCUT2D eigenvalue weighted by Gasteiger charge is 2.24. The van der Waals surface area contributed by atoms with Crippen molar-refractivity contribution in [3.8, 4) is 5.75 Å². The van der Waals surface area contributed by atoms with Crippen LogP contribution in [0.25, 0.3) is 5.65 Å². The Balaban J connectivity index is 1.38. The Morgan fingerprint density at radius 3 is 2.61 bits per heavy atom. The van der Waals surface area contributed by atoms with Crippen LogP contribution in [0.5, 0.6) is 5.75 Å². The van der Waals surface area contributed by atoms with Gasteiger partial charge in [0.05, 0.1) is 5.69 Å². The molecule has 0 bridgehead atoms. The van der Waals surface area contributed by atoms with Crippen molar-refractivity contribution in [1.29, 1.82) is 0 Å². The fourth-order valence-corrected chi connectivity index (χ4v) is 5.08. The smallest absolute Gasteiger partial charge is 0.221 e. The van der Waals surface area contributed by atoms with Gasteiger partial charge in [-0.3, -0.25) is 4.79 Å². The number of aromatic nitrogens is 2. The molecule has 1 aliphatic rings. The SMILES string of the molecule is Cc1ccccc1C(CC(=O)NCCN1CCCC1)c1cnc2c(OCc3ccccc3)cccn12. The Bertz CT molecular complexity index is 1290. The molecule has 1 saturated heterocycles. The van der Waals surface area contributed by atoms with Gasteiger partial charge in [-0.1, -0.05) is 54.6 Å². The average molecular weight is 483 g/mol. The summed E-state index contributed by atoms with van der Waals surface area (Å²) < 4.78 is 8.21. The molecule has 1 aliphatic heterocycles. The Morgan fingerprint density at radius 2 is 1.81 bits per heavy atom. The van der Waals surface area contributed by atoms with Gasteiger partial charge < -0.3 is 19.4 Å². The van der Waals surface area contributed by atoms with E-state index in [0.717, 1.165) is 47.9 Å². The number of nitrogens with zero attached hydrogens (tertiary/aromatic N) is 3. The molecule has 3 heterocycles. The number of rotatable bonds is 10. The summed E-state index contributed by atoms with van der Waals surface area (Å²) in [6.07, 6.45) is 6.78. The molecule has 6 heteroatoms. The van der Waals surface area contributed by atoms with Gasteiger partial charge in [0.15, 0.2) is 11.4 Å². The minimum atomic E-state index is -0.114. The van der Waals surface area contributed by atoms with Crippen LogP contribution >= 0.6 is 0 Å². The van der Waals surface area contributed by atoms with Crippen LogP contribution in [0.3, 0.4) is 0 Å². The van der Waals surface area contributed by atoms with Crippen LogP contribution in [-0.4, -0.2) is 46.4 Å². The lowest BCUT2D eigenvalue weighted by Crippen LogP contribution is -2.34. The maximum atomic E-state index is 13.1. The number of hydrogen-bond acceptors (Lipinski definition) is 4. The van der Waals surface area contributed by atoms with Gasteiger partial charge in [0, 0.05) is 37.8 Å². The van der Waals surface area contributed by atoms with Gasteiger partial charge in [0.25, 0.3) is 0 Å². The summed E-state index contributed by atoms with van der Waals surface area (Å²) in [6, 6.07) is 22.3. The van der Waals surface area contributed by atoms with Crippen molar-refractivity contribution in [2.45, 2.75) is 38.7 Å². The number of hydrogen-bond donors (Lipinski definition) is 1. The highest BCUT2D eigenvalue weighted by Crippen LogP contribution is 2.32. The largest absolute Gasteiger partial charge is 0.485 e. The number of pyridine rings is 1. The molecular weight excluding hydrogens is 448 g/mol. The number of likely N-dealkylation sites (tertiary alicyclic amines) is 1. The summed E-state index contributed by atoms with van der Waals surface area (Å²) in [4.78, 5) is 20.2. The molecule has 4 aromatic rings. The van der Waals surface area contributed by atoms with E-state index in [1.54, 1.807) is 0 Å². The molecule has 1 unspecified atom stereocenters. The van der Waals surface area contributed by atoms with Crippen molar-refractivity contribution in [2.24, 2.45) is 0 Å². The molecule has 186 valence electrons. The second-order valence-electron chi connectivity index (χ2n) is 9.54. The molecule has 36 heavy (non-hydrogen) atoms. The van der Waals surface area contributed by atoms with Crippen molar-refractivity contribution in [1.82, 2.24) is 19.6 Å². The van der Waals surface area contributed by atoms with E-state index in [0.29, 0.717) is 19.6 Å². The van der Waals surface area contributed by atoms with Gasteiger partial charge >= 0.3 is 0 Å². The van der Waals surface area contributed by atoms with E-state index < -0.39 is 0 Å². The predicted octanol–water partition coefficient (Wildman–Crippen LogP) is 4.96. The number of ether oxygens (including phenoxy) is 1. The van der Waals surface area contributed by atoms with E-state index in [1.807, 2.05) is 67.0 Å². The third kappa shape index (κ3) is 5.60. The van der Waals surface area contributed by atoms with Crippen LogP contribution in [0.15, 0.2) is 79.1 Å². The minimum Gasteiger partial charge on any atom is -0.485 e. The molecule has 1 atom stereocenters. The van der Waals surface area contributed by atoms with Crippen molar-refractivity contribution < 1.29 is 9.53 Å². The summed E-state index contributed by atoms with van der Waals surface area (Å²) >= 11 is 0. The second-order valence-corrected chi connectivity index (χ2v) is 9.54. The zero-order valence-corrected chi connectivity index (χ0v) is 20.9. The molecule has 0 spiro atoms. The minimum absolute atomic E-state index is 0.0638. The maximum absolute atomic E-state index is 13.1. The van der Waals surface area contributed by atoms with E-state index >= 15 is 0 Å². The van der Waals surface area contributed by atoms with Gasteiger partial charge in [-0.15, -0.1) is 0 Å². The molecule has 2 aromatic carbocycles. The first-order valence-electron chi connectivity index (χ1n) is 12.9. The summed E-state index contributed by atoms with van der Waals surface area (Å²) in [5, 5.41) is 3.15. The summed E-state index contributed by atoms with van der Waals surface area (Å²) in [6.45, 7) is 6.45. The Kier molecular flexibility index (Phi) is 7.62. The summed E-state index contributed by atoms with van der Waals surface area (Å²) in [7, 11) is 0. The number of amides is 1. The number of nitrogens with one attached hydrogen (secondary N) is 1. The lowest BCUT2D eigenvalue weighted by atomic mass is 9.89. The first kappa shape index (κ1) is 24.1. The standard InChI is InChI=1S/C30H34N4O2/c1-23-10-5-6-13-25(23)26(20-29(35)31-15-19-33-16-7-8-17-33)27-21-32-30-28(14-9-18-34(27)30)36-22-24-11-3-2-4-12-24/h2-6,9-14,18,21,26H,7-8,15-17,19-20,22H2,1H3,(H,31,35). The van der Waals surface area contributed by atoms with Crippen LogP contribution in [0, 0.1) is 6.92 Å². The van der Waals surface area contributed by atoms with Crippen molar-refractivity contribution >= 4 is 11.6 Å². The zero-order chi connectivity index (χ0) is 24.7. The van der Waals surface area contributed by atoms with Crippen LogP contribution in [0.4, 0.5) is 0 Å². The quantitative estimate of drug-likeness (QED) is 0.347. The van der Waals surface area contributed by atoms with Gasteiger partial charge in [0.1, 0.15) is 6.61 Å². The first-order valence-corrected chi connectivity index (χ1v) is 12.9. The van der Waals surface area contributed by atoms with Crippen molar-refractivity contribution in [3.63, 3.8) is 0 Å². The number of imidazole rings is 1. The highest BCUT2D eigenvalue weighted by molar-refractivity contribution is 5.77. The van der Waals surface area contributed by atoms with Crippen LogP contribution in [-0.2, 0) is 11.4 Å². The number of benzene rings is 2. The lowest BCUT2D eigenvalue weighted by molar-refractivity contribution is -0.121. The fourth-order valence-electron chi connectivity index (χ4n) is 5.08. The van der Waals surface area contributed by atoms with Crippen molar-refractivity contribution in [2.75, 3.05) is 26.2 Å². The molecule has 2 aromatic heterocycles. The number of carbonyl (C=O) groups is 1. The molecule has 6 nitrogen and oxygen atoms in total. The number of fused-ring (bicyclic) bond motifs is 1. The summed E-state index contributed by atoms with van der Waals surface area (Å²) in [5.41, 5.74) is 5.16. The van der Waals surface area contributed by atoms with Crippen molar-refractivity contribution in [3.05, 3.63) is 102 Å². The topological polar surface area (TPSA) is 58.9 Å². The van der Waals surface area contributed by atoms with Crippen LogP contribution < -0.4 is 10.1 Å². The van der Waals surface area contributed by atoms with E-state index in [9.17, 15) is 4.79 Å². The normalized spacial score (nSPS) is 14.7. The van der Waals surface area contributed by atoms with Gasteiger partial charge in [-0.25, -0.2) is 4.98 Å². The monoisotopic (exact) mass is 482 g/mol. The van der Waals surface area contributed by atoms with E-state index in [4.69, 9.17) is 9.72 Å². The summed E-state index contributed by atoms with van der Waals surface area (Å²) in [5.74, 6) is 0.678. The Morgan fingerprint density at radius 1 is 1.03 bits per heavy atom. The molecule has 0 aliphatic carbocycles. The lowest BCUT2D eigenvalue weighted by Gasteiger charge is -2.20. The van der Waals surface area contributed by atoms with Gasteiger partial charge in [-0.2, -0.15) is 0 Å². The molecule has 0 radical (unpaired) electrons. The molecule has 1 fully saturated rings. The predicted molar refractivity (Wildman–Crippen MR) is 142 cm³/mol. The first-order chi connectivity index (χ1) is 17.7. The Hall–Kier alpha value is -3.64. The van der Waals surface area contributed by atoms with E-state index in [2.05, 4.69) is 33.7 Å². The number of aryl methyl sites for hydroxylation is 1. The van der Waals surface area contributed by atoms with Crippen LogP contribution in [0.2, 0.25) is 0 Å². The molecular formula is C30H34N4O2. The van der Waals surface area contributed by atoms with E-state index in [1.165, 1.54) is 18.4 Å². The molecule has 5 rings (SSSR count). The van der Waals surface area contributed by atoms with Crippen LogP contribution in [0.1, 0.15) is 47.6 Å². The third-order valence-corrected chi connectivity index (χ3v) is 7.03. The average Bonchev–Trinajstić information content (AvgIpc) is 3.58. The maximum Gasteiger partial charge on any atom is 0.221 e. The van der Waals surface area contributed by atoms with E-state index in [-0.39, 0.29) is 11.8 Å². The van der Waals surface area contributed by atoms with Gasteiger partial charge in [0.2, 0.25) is 5.91 Å². The zero-order valence-electron chi connectivity index (χ0n) is 20.9. The van der Waals surface area contributed by atoms with Gasteiger partial charge in [-0.05, 0) is 61.7 Å². The highest BCUT2D eigenvalue weighted by atomic mass is 16.5.